The zero-order valence-electron chi connectivity index (χ0n) is 21.1. The van der Waals surface area contributed by atoms with Crippen molar-refractivity contribution in [1.82, 2.24) is 14.3 Å². The molecule has 0 saturated heterocycles. The fourth-order valence-electron chi connectivity index (χ4n) is 4.66. The lowest BCUT2D eigenvalue weighted by Gasteiger charge is -2.31. The quantitative estimate of drug-likeness (QED) is 0.261. The minimum absolute atomic E-state index is 0.193. The van der Waals surface area contributed by atoms with Crippen molar-refractivity contribution in [2.75, 3.05) is 44.4 Å². The average Bonchev–Trinajstić information content (AvgIpc) is 2.83. The number of fused-ring (bicyclic) bond motifs is 1. The van der Waals surface area contributed by atoms with Crippen molar-refractivity contribution >= 4 is 50.5 Å². The van der Waals surface area contributed by atoms with Gasteiger partial charge in [0, 0.05) is 37.0 Å². The van der Waals surface area contributed by atoms with Crippen LogP contribution in [-0.4, -0.2) is 54.9 Å². The van der Waals surface area contributed by atoms with E-state index in [9.17, 15) is 13.2 Å². The molecule has 0 spiro atoms. The number of benzene rings is 2. The average molecular weight is 599 g/mol. The van der Waals surface area contributed by atoms with Gasteiger partial charge >= 0.3 is 6.36 Å². The van der Waals surface area contributed by atoms with Gasteiger partial charge in [-0.2, -0.15) is 4.98 Å². The smallest absolute Gasteiger partial charge is 0.405 e. The summed E-state index contributed by atoms with van der Waals surface area (Å²) in [5.74, 6) is 2.37. The first-order valence-electron chi connectivity index (χ1n) is 12.2. The molecule has 0 unspecified atom stereocenters. The molecule has 0 atom stereocenters. The summed E-state index contributed by atoms with van der Waals surface area (Å²) in [4.78, 5) is 11.9. The van der Waals surface area contributed by atoms with Gasteiger partial charge in [0.2, 0.25) is 5.95 Å². The number of rotatable bonds is 9. The summed E-state index contributed by atoms with van der Waals surface area (Å²) in [6.07, 6.45) is -0.404. The lowest BCUT2D eigenvalue weighted by atomic mass is 9.82. The first kappa shape index (κ1) is 27.8. The van der Waals surface area contributed by atoms with E-state index in [0.29, 0.717) is 27.2 Å². The highest BCUT2D eigenvalue weighted by atomic mass is 79.9. The number of alkyl halides is 3. The second-order valence-corrected chi connectivity index (χ2v) is 11.8. The summed E-state index contributed by atoms with van der Waals surface area (Å²) in [5, 5.41) is 4.47. The molecule has 4 rings (SSSR count). The van der Waals surface area contributed by atoms with Crippen LogP contribution in [0.15, 0.2) is 51.8 Å². The molecule has 0 bridgehead atoms. The topological polar surface area (TPSA) is 53.5 Å². The summed E-state index contributed by atoms with van der Waals surface area (Å²) < 4.78 is 45.2. The number of aromatic nitrogens is 2. The Bertz CT molecular complexity index is 1200. The van der Waals surface area contributed by atoms with E-state index in [1.807, 2.05) is 54.6 Å². The van der Waals surface area contributed by atoms with Gasteiger partial charge in [0.15, 0.2) is 0 Å². The zero-order valence-corrected chi connectivity index (χ0v) is 23.5. The fraction of sp³-hybridized carbons (Fsp3) is 0.462. The van der Waals surface area contributed by atoms with E-state index in [1.165, 1.54) is 18.0 Å². The molecular weight excluding hydrogens is 567 g/mol. The van der Waals surface area contributed by atoms with Crippen molar-refractivity contribution in [3.8, 4) is 5.75 Å². The molecule has 1 aliphatic carbocycles. The molecule has 1 heterocycles. The second-order valence-electron chi connectivity index (χ2n) is 9.59. The molecule has 0 amide bonds. The van der Waals surface area contributed by atoms with Crippen molar-refractivity contribution < 1.29 is 17.9 Å². The lowest BCUT2D eigenvalue weighted by Crippen LogP contribution is -2.27. The lowest BCUT2D eigenvalue weighted by molar-refractivity contribution is -0.275. The van der Waals surface area contributed by atoms with Gasteiger partial charge in [0.05, 0.1) is 10.4 Å². The number of halogens is 4. The molecule has 2 aromatic carbocycles. The van der Waals surface area contributed by atoms with E-state index in [0.717, 1.165) is 55.5 Å². The molecule has 1 aliphatic rings. The molecule has 3 aromatic rings. The van der Waals surface area contributed by atoms with Gasteiger partial charge in [-0.1, -0.05) is 28.1 Å². The maximum atomic E-state index is 12.8. The van der Waals surface area contributed by atoms with Crippen LogP contribution in [0.5, 0.6) is 5.75 Å². The van der Waals surface area contributed by atoms with E-state index in [1.54, 1.807) is 12.1 Å². The Kier molecular flexibility index (Phi) is 9.07. The number of hydrogen-bond donors (Lipinski definition) is 1. The Hall–Kier alpha value is -2.24. The monoisotopic (exact) mass is 597 g/mol. The van der Waals surface area contributed by atoms with Crippen LogP contribution in [0.4, 0.5) is 24.9 Å². The van der Waals surface area contributed by atoms with Crippen molar-refractivity contribution in [3.05, 3.63) is 46.9 Å². The molecule has 6 nitrogen and oxygen atoms in total. The molecule has 0 radical (unpaired) electrons. The van der Waals surface area contributed by atoms with Gasteiger partial charge in [-0.15, -0.1) is 13.2 Å². The number of anilines is 2. The van der Waals surface area contributed by atoms with Crippen LogP contribution >= 0.6 is 27.9 Å². The van der Waals surface area contributed by atoms with E-state index in [-0.39, 0.29) is 5.75 Å². The van der Waals surface area contributed by atoms with Crippen molar-refractivity contribution in [1.29, 1.82) is 0 Å². The highest BCUT2D eigenvalue weighted by molar-refractivity contribution is 9.10. The number of nitrogens with one attached hydrogen (secondary N) is 1. The third-order valence-corrected chi connectivity index (χ3v) is 7.91. The van der Waals surface area contributed by atoms with Crippen molar-refractivity contribution in [2.45, 2.75) is 36.9 Å². The maximum absolute atomic E-state index is 12.8. The van der Waals surface area contributed by atoms with Crippen LogP contribution in [0.2, 0.25) is 0 Å². The van der Waals surface area contributed by atoms with E-state index in [2.05, 4.69) is 31.0 Å². The summed E-state index contributed by atoms with van der Waals surface area (Å²) in [5.41, 5.74) is 0.919. The fourth-order valence-corrected chi connectivity index (χ4v) is 5.94. The van der Waals surface area contributed by atoms with Gasteiger partial charge in [-0.25, -0.2) is 9.29 Å². The predicted octanol–water partition coefficient (Wildman–Crippen LogP) is 7.21. The highest BCUT2D eigenvalue weighted by Gasteiger charge is 2.32. The third-order valence-electron chi connectivity index (χ3n) is 6.42. The second kappa shape index (κ2) is 12.1. The van der Waals surface area contributed by atoms with Gasteiger partial charge in [0.1, 0.15) is 11.6 Å². The predicted molar refractivity (Wildman–Crippen MR) is 147 cm³/mol. The van der Waals surface area contributed by atoms with Crippen LogP contribution < -0.4 is 15.0 Å². The Morgan fingerprint density at radius 1 is 1.03 bits per heavy atom. The molecule has 1 saturated carbocycles. The molecule has 1 aromatic heterocycles. The molecule has 0 aliphatic heterocycles. The van der Waals surface area contributed by atoms with Crippen LogP contribution in [0.1, 0.15) is 25.7 Å². The largest absolute Gasteiger partial charge is 0.573 e. The number of ether oxygens (including phenoxy) is 1. The maximum Gasteiger partial charge on any atom is 0.573 e. The van der Waals surface area contributed by atoms with Crippen LogP contribution in [0.25, 0.3) is 10.9 Å². The number of para-hydroxylation sites is 1. The van der Waals surface area contributed by atoms with Gasteiger partial charge in [0.25, 0.3) is 0 Å². The summed E-state index contributed by atoms with van der Waals surface area (Å²) in [7, 11) is 5.88. The summed E-state index contributed by atoms with van der Waals surface area (Å²) in [6.45, 7) is 1.62. The Balaban J connectivity index is 1.28. The Morgan fingerprint density at radius 2 is 1.73 bits per heavy atom. The molecule has 11 heteroatoms. The first-order valence-corrected chi connectivity index (χ1v) is 13.8. The number of nitrogens with zero attached hydrogens (tertiary/aromatic N) is 4. The van der Waals surface area contributed by atoms with Gasteiger partial charge in [-0.05, 0) is 86.8 Å². The minimum Gasteiger partial charge on any atom is -0.405 e. The van der Waals surface area contributed by atoms with E-state index in [4.69, 9.17) is 4.98 Å². The molecule has 200 valence electrons. The van der Waals surface area contributed by atoms with Gasteiger partial charge < -0.3 is 15.0 Å². The molecule has 1 fully saturated rings. The van der Waals surface area contributed by atoms with Gasteiger partial charge in [-0.3, -0.25) is 0 Å². The molecular formula is C26H31BrF3N5OS. The Morgan fingerprint density at radius 3 is 2.43 bits per heavy atom. The minimum atomic E-state index is -4.73. The summed E-state index contributed by atoms with van der Waals surface area (Å²) >= 11 is 4.50. The van der Waals surface area contributed by atoms with Crippen molar-refractivity contribution in [3.63, 3.8) is 0 Å². The first-order chi connectivity index (χ1) is 17.6. The molecule has 37 heavy (non-hydrogen) atoms. The van der Waals surface area contributed by atoms with Crippen LogP contribution in [0, 0.1) is 11.8 Å². The van der Waals surface area contributed by atoms with E-state index >= 15 is 0 Å². The third kappa shape index (κ3) is 7.87. The standard InChI is InChI=1S/C26H31BrF3N5OS/c1-34(2)24-20-6-4-5-7-21(20)32-25(33-24)31-15-17-8-10-18(11-9-17)16-35(3)37-23-13-12-19(27)14-22(23)36-26(28,29)30/h4-7,12-14,17-18H,8-11,15-16H2,1-3H3,(H,31,32,33). The van der Waals surface area contributed by atoms with Crippen LogP contribution in [-0.2, 0) is 0 Å². The van der Waals surface area contributed by atoms with E-state index < -0.39 is 6.36 Å². The molecule has 1 N–H and O–H groups in total. The summed E-state index contributed by atoms with van der Waals surface area (Å²) in [6, 6.07) is 12.7. The van der Waals surface area contributed by atoms with Crippen LogP contribution in [0.3, 0.4) is 0 Å². The highest BCUT2D eigenvalue weighted by Crippen LogP contribution is 2.38. The SMILES string of the molecule is CN(CC1CCC(CNc2nc(N(C)C)c3ccccc3n2)CC1)Sc1ccc(Br)cc1OC(F)(F)F. The normalized spacial score (nSPS) is 18.3. The number of hydrogen-bond acceptors (Lipinski definition) is 7. The zero-order chi connectivity index (χ0) is 26.6. The Labute approximate surface area is 228 Å². The van der Waals surface area contributed by atoms with Crippen molar-refractivity contribution in [2.24, 2.45) is 11.8 Å².